The third-order valence-corrected chi connectivity index (χ3v) is 4.83. The molecule has 0 fully saturated rings. The van der Waals surface area contributed by atoms with Gasteiger partial charge in [0.25, 0.3) is 0 Å². The maximum Gasteiger partial charge on any atom is 0.182 e. The number of benzene rings is 1. The zero-order chi connectivity index (χ0) is 19.8. The first kappa shape index (κ1) is 17.2. The smallest absolute Gasteiger partial charge is 0.182 e. The van der Waals surface area contributed by atoms with Crippen LogP contribution in [0.2, 0.25) is 0 Å². The SMILES string of the molecule is CC[C@H](Nc1ncnc2nc[nH]c12)c1nn(-c2cccnc2)c2cc(F)ccc12. The Hall–Kier alpha value is -3.88. The summed E-state index contributed by atoms with van der Waals surface area (Å²) in [6.45, 7) is 2.06. The molecule has 0 saturated heterocycles. The van der Waals surface area contributed by atoms with Crippen molar-refractivity contribution in [1.82, 2.24) is 34.7 Å². The summed E-state index contributed by atoms with van der Waals surface area (Å²) in [6.07, 6.45) is 7.20. The molecule has 4 aromatic heterocycles. The van der Waals surface area contributed by atoms with Gasteiger partial charge in [-0.05, 0) is 30.7 Å². The highest BCUT2D eigenvalue weighted by Gasteiger charge is 2.21. The molecule has 0 bridgehead atoms. The largest absolute Gasteiger partial charge is 0.360 e. The highest BCUT2D eigenvalue weighted by Crippen LogP contribution is 2.31. The van der Waals surface area contributed by atoms with Crippen molar-refractivity contribution in [2.24, 2.45) is 0 Å². The summed E-state index contributed by atoms with van der Waals surface area (Å²) in [5.74, 6) is 0.329. The molecule has 4 heterocycles. The van der Waals surface area contributed by atoms with Crippen LogP contribution in [0.4, 0.5) is 10.2 Å². The summed E-state index contributed by atoms with van der Waals surface area (Å²) < 4.78 is 15.7. The quantitative estimate of drug-likeness (QED) is 0.475. The van der Waals surface area contributed by atoms with Crippen LogP contribution in [0.15, 0.2) is 55.4 Å². The number of H-pyrrole nitrogens is 1. The molecule has 0 amide bonds. The molecule has 29 heavy (non-hydrogen) atoms. The van der Waals surface area contributed by atoms with E-state index in [4.69, 9.17) is 5.10 Å². The summed E-state index contributed by atoms with van der Waals surface area (Å²) in [5.41, 5.74) is 3.57. The van der Waals surface area contributed by atoms with Crippen LogP contribution in [0.3, 0.4) is 0 Å². The van der Waals surface area contributed by atoms with Gasteiger partial charge in [0.2, 0.25) is 0 Å². The normalized spacial score (nSPS) is 12.5. The van der Waals surface area contributed by atoms with E-state index in [1.807, 2.05) is 12.1 Å². The van der Waals surface area contributed by atoms with E-state index >= 15 is 0 Å². The number of aromatic amines is 1. The Balaban J connectivity index is 1.64. The second-order valence-corrected chi connectivity index (χ2v) is 6.60. The molecule has 0 spiro atoms. The van der Waals surface area contributed by atoms with E-state index in [-0.39, 0.29) is 11.9 Å². The number of aromatic nitrogens is 7. The molecule has 5 rings (SSSR count). The fraction of sp³-hybridized carbons (Fsp3) is 0.150. The molecule has 0 aliphatic heterocycles. The maximum atomic E-state index is 14.0. The fourth-order valence-corrected chi connectivity index (χ4v) is 3.45. The topological polar surface area (TPSA) is 97.2 Å². The van der Waals surface area contributed by atoms with Crippen LogP contribution in [0.1, 0.15) is 25.1 Å². The minimum atomic E-state index is -0.315. The van der Waals surface area contributed by atoms with E-state index in [0.29, 0.717) is 17.0 Å². The summed E-state index contributed by atoms with van der Waals surface area (Å²) in [4.78, 5) is 19.9. The maximum absolute atomic E-state index is 14.0. The number of pyridine rings is 1. The molecule has 1 aromatic carbocycles. The minimum Gasteiger partial charge on any atom is -0.360 e. The third kappa shape index (κ3) is 2.96. The van der Waals surface area contributed by atoms with Gasteiger partial charge in [0, 0.05) is 17.6 Å². The van der Waals surface area contributed by atoms with Gasteiger partial charge in [-0.2, -0.15) is 5.10 Å². The molecule has 9 heteroatoms. The molecule has 0 unspecified atom stereocenters. The number of rotatable bonds is 5. The number of hydrogen-bond donors (Lipinski definition) is 2. The van der Waals surface area contributed by atoms with Crippen molar-refractivity contribution in [2.75, 3.05) is 5.32 Å². The van der Waals surface area contributed by atoms with Crippen molar-refractivity contribution in [3.8, 4) is 5.69 Å². The molecule has 1 atom stereocenters. The van der Waals surface area contributed by atoms with Crippen molar-refractivity contribution in [1.29, 1.82) is 0 Å². The molecule has 144 valence electrons. The summed E-state index contributed by atoms with van der Waals surface area (Å²) >= 11 is 0. The van der Waals surface area contributed by atoms with Gasteiger partial charge in [-0.3, -0.25) is 4.98 Å². The lowest BCUT2D eigenvalue weighted by Gasteiger charge is -2.16. The summed E-state index contributed by atoms with van der Waals surface area (Å²) in [5, 5.41) is 9.12. The second-order valence-electron chi connectivity index (χ2n) is 6.60. The van der Waals surface area contributed by atoms with Crippen LogP contribution >= 0.6 is 0 Å². The Morgan fingerprint density at radius 2 is 2.14 bits per heavy atom. The average molecular weight is 388 g/mol. The van der Waals surface area contributed by atoms with E-state index in [0.717, 1.165) is 28.7 Å². The molecular weight excluding hydrogens is 371 g/mol. The summed E-state index contributed by atoms with van der Waals surface area (Å²) in [6, 6.07) is 8.27. The van der Waals surface area contributed by atoms with Gasteiger partial charge in [0.15, 0.2) is 11.5 Å². The van der Waals surface area contributed by atoms with Crippen molar-refractivity contribution in [2.45, 2.75) is 19.4 Å². The van der Waals surface area contributed by atoms with Gasteiger partial charge in [0.05, 0.1) is 35.5 Å². The number of nitrogens with one attached hydrogen (secondary N) is 2. The molecular formula is C20H17FN8. The number of imidazole rings is 1. The first-order valence-corrected chi connectivity index (χ1v) is 9.24. The number of halogens is 1. The van der Waals surface area contributed by atoms with E-state index in [1.54, 1.807) is 29.5 Å². The van der Waals surface area contributed by atoms with Crippen LogP contribution in [0.25, 0.3) is 27.8 Å². The molecule has 0 radical (unpaired) electrons. The van der Waals surface area contributed by atoms with Crippen LogP contribution in [-0.2, 0) is 0 Å². The number of fused-ring (bicyclic) bond motifs is 2. The monoisotopic (exact) mass is 388 g/mol. The van der Waals surface area contributed by atoms with E-state index in [1.165, 1.54) is 18.5 Å². The highest BCUT2D eigenvalue weighted by molar-refractivity contribution is 5.86. The Morgan fingerprint density at radius 3 is 2.97 bits per heavy atom. The van der Waals surface area contributed by atoms with Crippen molar-refractivity contribution >= 4 is 27.9 Å². The minimum absolute atomic E-state index is 0.151. The van der Waals surface area contributed by atoms with Crippen molar-refractivity contribution in [3.05, 3.63) is 66.9 Å². The molecule has 0 aliphatic rings. The van der Waals surface area contributed by atoms with Gasteiger partial charge in [0.1, 0.15) is 17.7 Å². The Morgan fingerprint density at radius 1 is 1.21 bits per heavy atom. The lowest BCUT2D eigenvalue weighted by Crippen LogP contribution is -2.13. The van der Waals surface area contributed by atoms with Gasteiger partial charge < -0.3 is 10.3 Å². The van der Waals surface area contributed by atoms with Gasteiger partial charge in [-0.15, -0.1) is 0 Å². The molecule has 2 N–H and O–H groups in total. The molecule has 0 aliphatic carbocycles. The number of anilines is 1. The zero-order valence-electron chi connectivity index (χ0n) is 15.5. The molecule has 0 saturated carbocycles. The Kier molecular flexibility index (Phi) is 4.12. The average Bonchev–Trinajstić information content (AvgIpc) is 3.37. The number of nitrogens with zero attached hydrogens (tertiary/aromatic N) is 6. The molecule has 5 aromatic rings. The predicted molar refractivity (Wildman–Crippen MR) is 107 cm³/mol. The van der Waals surface area contributed by atoms with Crippen LogP contribution in [-0.4, -0.2) is 34.7 Å². The first-order chi connectivity index (χ1) is 14.2. The number of hydrogen-bond acceptors (Lipinski definition) is 6. The Bertz CT molecular complexity index is 1290. The second kappa shape index (κ2) is 6.93. The van der Waals surface area contributed by atoms with Crippen LogP contribution < -0.4 is 5.32 Å². The van der Waals surface area contributed by atoms with Gasteiger partial charge >= 0.3 is 0 Å². The van der Waals surface area contributed by atoms with E-state index in [9.17, 15) is 4.39 Å². The first-order valence-electron chi connectivity index (χ1n) is 9.24. The Labute approximate surface area is 164 Å². The zero-order valence-corrected chi connectivity index (χ0v) is 15.5. The fourth-order valence-electron chi connectivity index (χ4n) is 3.45. The van der Waals surface area contributed by atoms with E-state index in [2.05, 4.69) is 37.2 Å². The highest BCUT2D eigenvalue weighted by atomic mass is 19.1. The predicted octanol–water partition coefficient (Wildman–Crippen LogP) is 3.79. The summed E-state index contributed by atoms with van der Waals surface area (Å²) in [7, 11) is 0. The third-order valence-electron chi connectivity index (χ3n) is 4.83. The van der Waals surface area contributed by atoms with Gasteiger partial charge in [-0.1, -0.05) is 6.92 Å². The van der Waals surface area contributed by atoms with Crippen LogP contribution in [0, 0.1) is 5.82 Å². The van der Waals surface area contributed by atoms with Gasteiger partial charge in [-0.25, -0.2) is 24.0 Å². The van der Waals surface area contributed by atoms with Crippen molar-refractivity contribution < 1.29 is 4.39 Å². The lowest BCUT2D eigenvalue weighted by atomic mass is 10.1. The molecule has 8 nitrogen and oxygen atoms in total. The van der Waals surface area contributed by atoms with Crippen molar-refractivity contribution in [3.63, 3.8) is 0 Å². The standard InChI is InChI=1S/C20H17FN8/c1-2-15(27-20-18-19(24-10-23-18)25-11-26-20)17-14-6-5-12(21)8-16(14)29(28-17)13-4-3-7-22-9-13/h3-11,15H,2H2,1H3,(H2,23,24,25,26,27)/t15-/m0/s1. The van der Waals surface area contributed by atoms with Crippen LogP contribution in [0.5, 0.6) is 0 Å². The van der Waals surface area contributed by atoms with E-state index < -0.39 is 0 Å². The lowest BCUT2D eigenvalue weighted by molar-refractivity contribution is 0.629.